The number of fused-ring (bicyclic) bond motifs is 1. The topological polar surface area (TPSA) is 83.8 Å². The molecular weight excluding hydrogens is 336 g/mol. The van der Waals surface area contributed by atoms with Crippen molar-refractivity contribution in [3.63, 3.8) is 0 Å². The van der Waals surface area contributed by atoms with Crippen LogP contribution in [0.3, 0.4) is 0 Å². The summed E-state index contributed by atoms with van der Waals surface area (Å²) in [6.45, 7) is 0. The molecule has 4 N–H and O–H groups in total. The molecule has 2 aromatic heterocycles. The first kappa shape index (κ1) is 16.6. The van der Waals surface area contributed by atoms with Gasteiger partial charge in [-0.25, -0.2) is 4.98 Å². The highest BCUT2D eigenvalue weighted by Crippen LogP contribution is 2.30. The van der Waals surface area contributed by atoms with E-state index in [1.165, 1.54) is 0 Å². The SMILES string of the molecule is NC(=O)C(=Cc1c[nH]c2nccc(Nc3ccccc3)c12)c1ccccc1. The van der Waals surface area contributed by atoms with Crippen molar-refractivity contribution >= 4 is 40.0 Å². The Balaban J connectivity index is 1.83. The lowest BCUT2D eigenvalue weighted by Crippen LogP contribution is -2.12. The van der Waals surface area contributed by atoms with Gasteiger partial charge in [-0.1, -0.05) is 48.5 Å². The Bertz CT molecular complexity index is 1110. The van der Waals surface area contributed by atoms with Gasteiger partial charge >= 0.3 is 0 Å². The third-order valence-corrected chi connectivity index (χ3v) is 4.31. The molecule has 1 amide bonds. The fraction of sp³-hybridized carbons (Fsp3) is 0. The molecule has 4 aromatic rings. The zero-order chi connectivity index (χ0) is 18.6. The molecule has 0 aliphatic carbocycles. The summed E-state index contributed by atoms with van der Waals surface area (Å²) in [5.74, 6) is -0.475. The van der Waals surface area contributed by atoms with E-state index in [-0.39, 0.29) is 0 Å². The van der Waals surface area contributed by atoms with Gasteiger partial charge in [-0.3, -0.25) is 4.79 Å². The van der Waals surface area contributed by atoms with Crippen molar-refractivity contribution in [3.8, 4) is 0 Å². The highest BCUT2D eigenvalue weighted by Gasteiger charge is 2.13. The maximum atomic E-state index is 12.1. The van der Waals surface area contributed by atoms with Gasteiger partial charge in [-0.05, 0) is 29.8 Å². The van der Waals surface area contributed by atoms with Gasteiger partial charge in [0, 0.05) is 34.6 Å². The Kier molecular flexibility index (Phi) is 4.41. The summed E-state index contributed by atoms with van der Waals surface area (Å²) in [6.07, 6.45) is 5.37. The Morgan fingerprint density at radius 1 is 1.00 bits per heavy atom. The van der Waals surface area contributed by atoms with Crippen molar-refractivity contribution in [1.82, 2.24) is 9.97 Å². The van der Waals surface area contributed by atoms with Crippen LogP contribution in [0.4, 0.5) is 11.4 Å². The molecule has 5 nitrogen and oxygen atoms in total. The number of para-hydroxylation sites is 1. The fourth-order valence-corrected chi connectivity index (χ4v) is 3.05. The minimum Gasteiger partial charge on any atom is -0.366 e. The van der Waals surface area contributed by atoms with Gasteiger partial charge in [0.1, 0.15) is 5.65 Å². The second kappa shape index (κ2) is 7.17. The van der Waals surface area contributed by atoms with E-state index in [1.807, 2.05) is 72.9 Å². The third-order valence-electron chi connectivity index (χ3n) is 4.31. The first-order valence-electron chi connectivity index (χ1n) is 8.57. The number of anilines is 2. The number of amides is 1. The molecule has 0 saturated heterocycles. The average molecular weight is 354 g/mol. The van der Waals surface area contributed by atoms with Crippen LogP contribution in [-0.2, 0) is 4.79 Å². The first-order chi connectivity index (χ1) is 13.2. The summed E-state index contributed by atoms with van der Waals surface area (Å²) < 4.78 is 0. The molecule has 0 atom stereocenters. The summed E-state index contributed by atoms with van der Waals surface area (Å²) in [5.41, 5.74) is 10.3. The minimum absolute atomic E-state index is 0.450. The van der Waals surface area contributed by atoms with Crippen molar-refractivity contribution in [3.05, 3.63) is 90.3 Å². The van der Waals surface area contributed by atoms with Gasteiger partial charge < -0.3 is 16.0 Å². The van der Waals surface area contributed by atoms with Crippen LogP contribution in [0.2, 0.25) is 0 Å². The second-order valence-electron chi connectivity index (χ2n) is 6.11. The summed E-state index contributed by atoms with van der Waals surface area (Å²) >= 11 is 0. The zero-order valence-electron chi connectivity index (χ0n) is 14.5. The number of hydrogen-bond acceptors (Lipinski definition) is 3. The summed E-state index contributed by atoms with van der Waals surface area (Å²) in [7, 11) is 0. The molecule has 2 heterocycles. The molecule has 132 valence electrons. The van der Waals surface area contributed by atoms with Crippen molar-refractivity contribution in [2.45, 2.75) is 0 Å². The van der Waals surface area contributed by atoms with Crippen LogP contribution in [0.25, 0.3) is 22.7 Å². The number of carbonyl (C=O) groups excluding carboxylic acids is 1. The second-order valence-corrected chi connectivity index (χ2v) is 6.11. The highest BCUT2D eigenvalue weighted by atomic mass is 16.1. The zero-order valence-corrected chi connectivity index (χ0v) is 14.5. The minimum atomic E-state index is -0.475. The van der Waals surface area contributed by atoms with Gasteiger partial charge in [0.25, 0.3) is 0 Å². The van der Waals surface area contributed by atoms with Crippen LogP contribution in [0.1, 0.15) is 11.1 Å². The van der Waals surface area contributed by atoms with Gasteiger partial charge in [0.2, 0.25) is 5.91 Å². The van der Waals surface area contributed by atoms with Crippen LogP contribution >= 0.6 is 0 Å². The maximum absolute atomic E-state index is 12.1. The van der Waals surface area contributed by atoms with Gasteiger partial charge in [-0.2, -0.15) is 0 Å². The van der Waals surface area contributed by atoms with E-state index in [9.17, 15) is 4.79 Å². The molecule has 0 unspecified atom stereocenters. The van der Waals surface area contributed by atoms with Crippen LogP contribution in [-0.4, -0.2) is 15.9 Å². The Labute approximate surface area is 156 Å². The standard InChI is InChI=1S/C22H18N4O/c23-21(27)18(15-7-3-1-4-8-15)13-16-14-25-22-20(16)19(11-12-24-22)26-17-9-5-2-6-10-17/h1-14H,(H2,23,27)(H2,24,25,26). The van der Waals surface area contributed by atoms with E-state index in [0.717, 1.165) is 33.5 Å². The van der Waals surface area contributed by atoms with Crippen LogP contribution in [0, 0.1) is 0 Å². The molecule has 5 heteroatoms. The summed E-state index contributed by atoms with van der Waals surface area (Å²) in [5, 5.41) is 4.31. The monoisotopic (exact) mass is 354 g/mol. The number of aromatic nitrogens is 2. The first-order valence-corrected chi connectivity index (χ1v) is 8.57. The Morgan fingerprint density at radius 2 is 1.70 bits per heavy atom. The van der Waals surface area contributed by atoms with Crippen LogP contribution in [0.15, 0.2) is 79.1 Å². The van der Waals surface area contributed by atoms with E-state index in [4.69, 9.17) is 5.73 Å². The van der Waals surface area contributed by atoms with Gasteiger partial charge in [0.15, 0.2) is 0 Å². The molecule has 4 rings (SSSR count). The van der Waals surface area contributed by atoms with Crippen LogP contribution in [0.5, 0.6) is 0 Å². The van der Waals surface area contributed by atoms with Gasteiger partial charge in [0.05, 0.1) is 5.69 Å². The number of carbonyl (C=O) groups is 1. The van der Waals surface area contributed by atoms with E-state index >= 15 is 0 Å². The molecular formula is C22H18N4O. The number of nitrogens with one attached hydrogen (secondary N) is 2. The fourth-order valence-electron chi connectivity index (χ4n) is 3.05. The van der Waals surface area contributed by atoms with E-state index in [0.29, 0.717) is 5.57 Å². The molecule has 0 saturated carbocycles. The number of nitrogens with two attached hydrogens (primary N) is 1. The lowest BCUT2D eigenvalue weighted by atomic mass is 10.0. The normalized spacial score (nSPS) is 11.5. The number of benzene rings is 2. The third kappa shape index (κ3) is 3.43. The number of rotatable bonds is 5. The molecule has 0 fully saturated rings. The lowest BCUT2D eigenvalue weighted by Gasteiger charge is -2.09. The van der Waals surface area contributed by atoms with Crippen molar-refractivity contribution in [1.29, 1.82) is 0 Å². The number of aromatic amines is 1. The van der Waals surface area contributed by atoms with Crippen molar-refractivity contribution in [2.24, 2.45) is 5.73 Å². The predicted octanol–water partition coefficient (Wildman–Crippen LogP) is 4.33. The highest BCUT2D eigenvalue weighted by molar-refractivity contribution is 6.24. The number of primary amides is 1. The molecule has 0 bridgehead atoms. The molecule has 0 radical (unpaired) electrons. The number of nitrogens with zero attached hydrogens (tertiary/aromatic N) is 1. The maximum Gasteiger partial charge on any atom is 0.249 e. The summed E-state index contributed by atoms with van der Waals surface area (Å²) in [6, 6.07) is 21.2. The summed E-state index contributed by atoms with van der Waals surface area (Å²) in [4.78, 5) is 19.6. The van der Waals surface area contributed by atoms with E-state index < -0.39 is 5.91 Å². The smallest absolute Gasteiger partial charge is 0.249 e. The molecule has 27 heavy (non-hydrogen) atoms. The largest absolute Gasteiger partial charge is 0.366 e. The molecule has 0 aliphatic heterocycles. The van der Waals surface area contributed by atoms with E-state index in [1.54, 1.807) is 12.3 Å². The lowest BCUT2D eigenvalue weighted by molar-refractivity contribution is -0.112. The van der Waals surface area contributed by atoms with E-state index in [2.05, 4.69) is 15.3 Å². The number of pyridine rings is 1. The van der Waals surface area contributed by atoms with Crippen molar-refractivity contribution in [2.75, 3.05) is 5.32 Å². The Morgan fingerprint density at radius 3 is 2.41 bits per heavy atom. The number of hydrogen-bond donors (Lipinski definition) is 3. The predicted molar refractivity (Wildman–Crippen MR) is 109 cm³/mol. The molecule has 0 spiro atoms. The average Bonchev–Trinajstić information content (AvgIpc) is 3.11. The quantitative estimate of drug-likeness (QED) is 0.466. The number of H-pyrrole nitrogens is 1. The van der Waals surface area contributed by atoms with Crippen LogP contribution < -0.4 is 11.1 Å². The molecule has 0 aliphatic rings. The van der Waals surface area contributed by atoms with Crippen molar-refractivity contribution < 1.29 is 4.79 Å². The van der Waals surface area contributed by atoms with Gasteiger partial charge in [-0.15, -0.1) is 0 Å². The molecule has 2 aromatic carbocycles. The Hall–Kier alpha value is -3.86.